The number of hydrogen-bond acceptors (Lipinski definition) is 1. The van der Waals surface area contributed by atoms with E-state index in [9.17, 15) is 0 Å². The molecule has 0 heterocycles. The molecule has 0 saturated heterocycles. The van der Waals surface area contributed by atoms with Crippen LogP contribution >= 0.6 is 0 Å². The third-order valence-corrected chi connectivity index (χ3v) is 9.94. The largest absolute Gasteiger partial charge is 0.290 e. The number of rotatable bonds is 10. The minimum Gasteiger partial charge on any atom is -0.290 e. The van der Waals surface area contributed by atoms with Crippen molar-refractivity contribution in [1.29, 1.82) is 0 Å². The van der Waals surface area contributed by atoms with Gasteiger partial charge in [-0.2, -0.15) is 0 Å². The molecule has 0 aliphatic rings. The van der Waals surface area contributed by atoms with Crippen molar-refractivity contribution in [2.45, 2.75) is 168 Å². The molecule has 0 radical (unpaired) electrons. The second-order valence-electron chi connectivity index (χ2n) is 16.8. The summed E-state index contributed by atoms with van der Waals surface area (Å²) in [4.78, 5) is 2.94. The van der Waals surface area contributed by atoms with E-state index < -0.39 is 0 Å². The van der Waals surface area contributed by atoms with Crippen LogP contribution in [-0.4, -0.2) is 22.0 Å². The number of nitrogens with zero attached hydrogens (tertiary/aromatic N) is 1. The zero-order chi connectivity index (χ0) is 26.4. The molecule has 0 fully saturated rings. The molecule has 0 bridgehead atoms. The van der Waals surface area contributed by atoms with Gasteiger partial charge in [0.1, 0.15) is 0 Å². The quantitative estimate of drug-likeness (QED) is 0.319. The van der Waals surface area contributed by atoms with Crippen molar-refractivity contribution in [2.24, 2.45) is 33.0 Å². The Morgan fingerprint density at radius 3 is 1.16 bits per heavy atom. The van der Waals surface area contributed by atoms with Crippen molar-refractivity contribution in [3.8, 4) is 0 Å². The summed E-state index contributed by atoms with van der Waals surface area (Å²) in [7, 11) is 0. The van der Waals surface area contributed by atoms with Gasteiger partial charge in [-0.15, -0.1) is 0 Å². The monoisotopic (exact) mass is 452 g/mol. The molecule has 0 aliphatic heterocycles. The Labute approximate surface area is 205 Å². The molecule has 0 aromatic rings. The molecular weight excluding hydrogens is 386 g/mol. The summed E-state index contributed by atoms with van der Waals surface area (Å²) in [5, 5.41) is 0. The van der Waals surface area contributed by atoms with E-state index in [4.69, 9.17) is 0 Å². The molecule has 0 aromatic heterocycles. The molecule has 0 rings (SSSR count). The maximum Gasteiger partial charge on any atom is 0.0166 e. The first-order valence-corrected chi connectivity index (χ1v) is 13.4. The van der Waals surface area contributed by atoms with Crippen LogP contribution in [0.1, 0.15) is 151 Å². The van der Waals surface area contributed by atoms with Gasteiger partial charge in [-0.1, -0.05) is 96.9 Å². The SMILES string of the molecule is CC(CC(C)(C)C(C)(C)C)N(C(C)(C)CC(C)(C)C(C)C)C(C)(C)CC(C)(C)C(C)(C)C. The Morgan fingerprint density at radius 2 is 0.844 bits per heavy atom. The van der Waals surface area contributed by atoms with E-state index >= 15 is 0 Å². The second-order valence-corrected chi connectivity index (χ2v) is 16.8. The minimum absolute atomic E-state index is 0.0979. The molecule has 1 unspecified atom stereocenters. The number of hydrogen-bond donors (Lipinski definition) is 0. The molecule has 1 nitrogen and oxygen atoms in total. The van der Waals surface area contributed by atoms with Crippen molar-refractivity contribution in [3.63, 3.8) is 0 Å². The van der Waals surface area contributed by atoms with Crippen LogP contribution in [0.15, 0.2) is 0 Å². The first-order chi connectivity index (χ1) is 13.6. The Hall–Kier alpha value is -0.0400. The van der Waals surface area contributed by atoms with Crippen LogP contribution in [0.25, 0.3) is 0 Å². The van der Waals surface area contributed by atoms with Crippen LogP contribution in [0.5, 0.6) is 0 Å². The van der Waals surface area contributed by atoms with Crippen molar-refractivity contribution in [3.05, 3.63) is 0 Å². The molecule has 0 amide bonds. The highest BCUT2D eigenvalue weighted by Gasteiger charge is 2.49. The molecule has 0 spiro atoms. The first-order valence-electron chi connectivity index (χ1n) is 13.4. The van der Waals surface area contributed by atoms with Crippen LogP contribution in [0.2, 0.25) is 0 Å². The van der Waals surface area contributed by atoms with Gasteiger partial charge in [0.05, 0.1) is 0 Å². The third-order valence-electron chi connectivity index (χ3n) is 9.94. The highest BCUT2D eigenvalue weighted by atomic mass is 15.3. The lowest BCUT2D eigenvalue weighted by Crippen LogP contribution is -2.62. The van der Waals surface area contributed by atoms with Crippen LogP contribution in [0.4, 0.5) is 0 Å². The molecule has 194 valence electrons. The van der Waals surface area contributed by atoms with Crippen LogP contribution in [-0.2, 0) is 0 Å². The van der Waals surface area contributed by atoms with Crippen molar-refractivity contribution < 1.29 is 0 Å². The van der Waals surface area contributed by atoms with Gasteiger partial charge in [-0.3, -0.25) is 4.90 Å². The van der Waals surface area contributed by atoms with Crippen molar-refractivity contribution in [2.75, 3.05) is 0 Å². The highest BCUT2D eigenvalue weighted by Crippen LogP contribution is 2.50. The van der Waals surface area contributed by atoms with E-state index in [-0.39, 0.29) is 32.7 Å². The maximum absolute atomic E-state index is 2.94. The topological polar surface area (TPSA) is 3.24 Å². The van der Waals surface area contributed by atoms with Gasteiger partial charge in [0.25, 0.3) is 0 Å². The van der Waals surface area contributed by atoms with Crippen LogP contribution < -0.4 is 0 Å². The fraction of sp³-hybridized carbons (Fsp3) is 1.00. The molecular formula is C31H65N. The molecule has 0 N–H and O–H groups in total. The lowest BCUT2D eigenvalue weighted by molar-refractivity contribution is -0.0878. The summed E-state index contributed by atoms with van der Waals surface area (Å²) >= 11 is 0. The highest BCUT2D eigenvalue weighted by molar-refractivity contribution is 5.02. The van der Waals surface area contributed by atoms with Crippen molar-refractivity contribution >= 4 is 0 Å². The van der Waals surface area contributed by atoms with Crippen molar-refractivity contribution in [1.82, 2.24) is 4.90 Å². The smallest absolute Gasteiger partial charge is 0.0166 e. The molecule has 1 atom stereocenters. The van der Waals surface area contributed by atoms with Gasteiger partial charge in [-0.05, 0) is 86.9 Å². The average Bonchev–Trinajstić information content (AvgIpc) is 2.39. The standard InChI is InChI=1S/C31H65N/c1-23(2)27(10,11)21-30(16,17)32(24(3)20-28(12,13)25(4,5)6)31(18,19)22-29(14,15)26(7,8)9/h23-24H,20-22H2,1-19H3. The summed E-state index contributed by atoms with van der Waals surface area (Å²) in [6, 6.07) is 0.507. The minimum atomic E-state index is 0.0979. The summed E-state index contributed by atoms with van der Waals surface area (Å²) in [5.41, 5.74) is 1.58. The third kappa shape index (κ3) is 7.74. The summed E-state index contributed by atoms with van der Waals surface area (Å²) in [6.07, 6.45) is 3.61. The predicted octanol–water partition coefficient (Wildman–Crippen LogP) is 10.2. The first kappa shape index (κ1) is 32.0. The van der Waals surface area contributed by atoms with Gasteiger partial charge < -0.3 is 0 Å². The van der Waals surface area contributed by atoms with Gasteiger partial charge >= 0.3 is 0 Å². The normalized spacial score (nSPS) is 16.8. The van der Waals surface area contributed by atoms with E-state index in [2.05, 4.69) is 136 Å². The lowest BCUT2D eigenvalue weighted by atomic mass is 9.62. The van der Waals surface area contributed by atoms with E-state index in [1.807, 2.05) is 0 Å². The van der Waals surface area contributed by atoms with E-state index in [0.29, 0.717) is 17.4 Å². The molecule has 0 aromatic carbocycles. The van der Waals surface area contributed by atoms with Gasteiger partial charge in [-0.25, -0.2) is 0 Å². The Kier molecular flexibility index (Phi) is 9.53. The predicted molar refractivity (Wildman–Crippen MR) is 148 cm³/mol. The fourth-order valence-corrected chi connectivity index (χ4v) is 5.98. The zero-order valence-corrected chi connectivity index (χ0v) is 26.2. The molecule has 0 aliphatic carbocycles. The van der Waals surface area contributed by atoms with Crippen LogP contribution in [0.3, 0.4) is 0 Å². The van der Waals surface area contributed by atoms with E-state index in [0.717, 1.165) is 0 Å². The van der Waals surface area contributed by atoms with Gasteiger partial charge in [0.2, 0.25) is 0 Å². The summed E-state index contributed by atoms with van der Waals surface area (Å²) < 4.78 is 0. The maximum atomic E-state index is 2.94. The van der Waals surface area contributed by atoms with Gasteiger partial charge in [0, 0.05) is 17.1 Å². The second kappa shape index (κ2) is 9.54. The van der Waals surface area contributed by atoms with Crippen LogP contribution in [0, 0.1) is 33.0 Å². The zero-order valence-electron chi connectivity index (χ0n) is 26.2. The van der Waals surface area contributed by atoms with E-state index in [1.54, 1.807) is 0 Å². The lowest BCUT2D eigenvalue weighted by Gasteiger charge is -2.58. The Morgan fingerprint density at radius 1 is 0.500 bits per heavy atom. The van der Waals surface area contributed by atoms with E-state index in [1.165, 1.54) is 19.3 Å². The summed E-state index contributed by atoms with van der Waals surface area (Å²) in [5.74, 6) is 0.666. The fourth-order valence-electron chi connectivity index (χ4n) is 5.98. The molecule has 1 heteroatoms. The molecule has 0 saturated carbocycles. The molecule has 32 heavy (non-hydrogen) atoms. The average molecular weight is 452 g/mol. The Bertz CT molecular complexity index is 587. The van der Waals surface area contributed by atoms with Gasteiger partial charge in [0.15, 0.2) is 0 Å². The Balaban J connectivity index is 6.47. The summed E-state index contributed by atoms with van der Waals surface area (Å²) in [6.45, 7) is 46.6.